The van der Waals surface area contributed by atoms with Crippen LogP contribution in [0.2, 0.25) is 11.5 Å². The van der Waals surface area contributed by atoms with Gasteiger partial charge in [0.25, 0.3) is 0 Å². The Morgan fingerprint density at radius 3 is 1.67 bits per heavy atom. The fourth-order valence-corrected chi connectivity index (χ4v) is 13.5. The van der Waals surface area contributed by atoms with E-state index < -0.39 is 21.4 Å². The Bertz CT molecular complexity index is 166. The molecule has 1 nitrogen and oxygen atoms in total. The summed E-state index contributed by atoms with van der Waals surface area (Å²) in [5, 5.41) is 0. The molecule has 0 atom stereocenters. The van der Waals surface area contributed by atoms with Crippen LogP contribution in [0.3, 0.4) is 0 Å². The van der Waals surface area contributed by atoms with Gasteiger partial charge in [-0.15, -0.1) is 0 Å². The van der Waals surface area contributed by atoms with Crippen molar-refractivity contribution in [2.75, 3.05) is 19.6 Å². The van der Waals surface area contributed by atoms with Crippen molar-refractivity contribution in [1.82, 2.24) is 4.90 Å². The van der Waals surface area contributed by atoms with Crippen LogP contribution < -0.4 is 0 Å². The third-order valence-electron chi connectivity index (χ3n) is 4.05. The summed E-state index contributed by atoms with van der Waals surface area (Å²) >= 11 is -1.21. The van der Waals surface area contributed by atoms with Crippen LogP contribution >= 0.6 is 0 Å². The first-order valence-electron chi connectivity index (χ1n) is 8.25. The average Bonchev–Trinajstić information content (AvgIpc) is 2.28. The van der Waals surface area contributed by atoms with Crippen LogP contribution in [-0.4, -0.2) is 46.0 Å². The van der Waals surface area contributed by atoms with E-state index in [0.29, 0.717) is 0 Å². The molecular formula is C16H36InN. The van der Waals surface area contributed by atoms with Crippen molar-refractivity contribution < 1.29 is 0 Å². The zero-order chi connectivity index (χ0) is 14.0. The predicted octanol–water partition coefficient (Wildman–Crippen LogP) is 5.20. The van der Waals surface area contributed by atoms with Crippen LogP contribution in [0.1, 0.15) is 67.2 Å². The van der Waals surface area contributed by atoms with Crippen molar-refractivity contribution in [1.29, 1.82) is 0 Å². The predicted molar refractivity (Wildman–Crippen MR) is 87.0 cm³/mol. The van der Waals surface area contributed by atoms with E-state index in [2.05, 4.69) is 46.4 Å². The molecule has 0 aliphatic rings. The van der Waals surface area contributed by atoms with Crippen molar-refractivity contribution in [3.05, 3.63) is 0 Å². The van der Waals surface area contributed by atoms with Crippen molar-refractivity contribution >= 4 is 21.4 Å². The topological polar surface area (TPSA) is 3.24 Å². The first kappa shape index (κ1) is 18.8. The van der Waals surface area contributed by atoms with Gasteiger partial charge in [-0.3, -0.25) is 0 Å². The van der Waals surface area contributed by atoms with Crippen molar-refractivity contribution in [2.24, 2.45) is 0 Å². The van der Waals surface area contributed by atoms with E-state index >= 15 is 0 Å². The van der Waals surface area contributed by atoms with E-state index in [-0.39, 0.29) is 0 Å². The zero-order valence-corrected chi connectivity index (χ0v) is 17.1. The van der Waals surface area contributed by atoms with Crippen LogP contribution in [-0.2, 0) is 0 Å². The van der Waals surface area contributed by atoms with Gasteiger partial charge in [0.15, 0.2) is 0 Å². The van der Waals surface area contributed by atoms with E-state index in [1.165, 1.54) is 45.3 Å². The molecule has 108 valence electrons. The van der Waals surface area contributed by atoms with Gasteiger partial charge in [0, 0.05) is 0 Å². The summed E-state index contributed by atoms with van der Waals surface area (Å²) in [6.07, 6.45) is 5.55. The van der Waals surface area contributed by atoms with Gasteiger partial charge in [0.1, 0.15) is 0 Å². The molecule has 0 rings (SSSR count). The number of rotatable bonds is 11. The maximum atomic E-state index is 2.66. The van der Waals surface area contributed by atoms with Crippen LogP contribution in [0.4, 0.5) is 0 Å². The SMILES string of the molecule is CCCN(CCC)CCC[CH2][In]([CH](C)C)[CH](C)C. The van der Waals surface area contributed by atoms with Gasteiger partial charge in [-0.25, -0.2) is 0 Å². The summed E-state index contributed by atoms with van der Waals surface area (Å²) in [5.74, 6) is 0. The molecule has 0 saturated heterocycles. The fraction of sp³-hybridized carbons (Fsp3) is 1.00. The van der Waals surface area contributed by atoms with E-state index in [1.54, 1.807) is 4.18 Å². The van der Waals surface area contributed by atoms with E-state index in [0.717, 1.165) is 7.35 Å². The molecule has 0 fully saturated rings. The summed E-state index contributed by atoms with van der Waals surface area (Å²) in [6, 6.07) is 0. The van der Waals surface area contributed by atoms with Crippen LogP contribution in [0.15, 0.2) is 0 Å². The fourth-order valence-electron chi connectivity index (χ4n) is 3.12. The second kappa shape index (κ2) is 11.6. The third-order valence-corrected chi connectivity index (χ3v) is 16.9. The molecule has 0 aromatic carbocycles. The molecule has 0 radical (unpaired) electrons. The van der Waals surface area contributed by atoms with Gasteiger partial charge in [-0.2, -0.15) is 0 Å². The molecule has 0 aliphatic heterocycles. The third kappa shape index (κ3) is 8.85. The first-order chi connectivity index (χ1) is 8.52. The molecule has 0 N–H and O–H groups in total. The molecule has 0 amide bonds. The second-order valence-electron chi connectivity index (χ2n) is 6.49. The normalized spacial score (nSPS) is 11.8. The molecule has 0 saturated carbocycles. The number of nitrogens with zero attached hydrogens (tertiary/aromatic N) is 1. The first-order valence-corrected chi connectivity index (χ1v) is 14.4. The Kier molecular flexibility index (Phi) is 12.2. The number of unbranched alkanes of at least 4 members (excludes halogenated alkanes) is 1. The van der Waals surface area contributed by atoms with E-state index in [1.807, 2.05) is 0 Å². The monoisotopic (exact) mass is 357 g/mol. The van der Waals surface area contributed by atoms with Crippen molar-refractivity contribution in [3.8, 4) is 0 Å². The minimum atomic E-state index is -1.21. The van der Waals surface area contributed by atoms with Gasteiger partial charge in [0.05, 0.1) is 0 Å². The van der Waals surface area contributed by atoms with Gasteiger partial charge in [-0.1, -0.05) is 0 Å². The van der Waals surface area contributed by atoms with Crippen molar-refractivity contribution in [2.45, 2.75) is 78.8 Å². The van der Waals surface area contributed by atoms with Crippen LogP contribution in [0, 0.1) is 0 Å². The minimum absolute atomic E-state index is 1.05. The van der Waals surface area contributed by atoms with Gasteiger partial charge >= 0.3 is 125 Å². The number of hydrogen-bond acceptors (Lipinski definition) is 1. The Hall–Kier alpha value is 0.830. The quantitative estimate of drug-likeness (QED) is 0.459. The molecule has 2 heteroatoms. The summed E-state index contributed by atoms with van der Waals surface area (Å²) in [5.41, 5.74) is 0. The molecule has 18 heavy (non-hydrogen) atoms. The van der Waals surface area contributed by atoms with Gasteiger partial charge in [0.2, 0.25) is 0 Å². The summed E-state index contributed by atoms with van der Waals surface area (Å²) < 4.78 is 3.73. The molecule has 0 heterocycles. The Balaban J connectivity index is 3.80. The van der Waals surface area contributed by atoms with Gasteiger partial charge < -0.3 is 0 Å². The standard InChI is InChI=1S/C10H22N.2C3H7.In/c1-4-7-10-11(8-5-2)9-6-3;2*1-3-2;/h1,4-10H2,2-3H3;2*3H,1-2H3;. The van der Waals surface area contributed by atoms with Crippen molar-refractivity contribution in [3.63, 3.8) is 0 Å². The summed E-state index contributed by atoms with van der Waals surface area (Å²) in [7, 11) is 0. The zero-order valence-electron chi connectivity index (χ0n) is 13.8. The molecule has 0 spiro atoms. The van der Waals surface area contributed by atoms with E-state index in [4.69, 9.17) is 0 Å². The van der Waals surface area contributed by atoms with Crippen LogP contribution in [0.25, 0.3) is 0 Å². The summed E-state index contributed by atoms with van der Waals surface area (Å²) in [4.78, 5) is 2.66. The van der Waals surface area contributed by atoms with E-state index in [9.17, 15) is 0 Å². The maximum absolute atomic E-state index is 2.66. The second-order valence-corrected chi connectivity index (χ2v) is 19.5. The molecule has 0 aromatic rings. The Morgan fingerprint density at radius 1 is 0.778 bits per heavy atom. The molecule has 0 aliphatic carbocycles. The Labute approximate surface area is 124 Å². The van der Waals surface area contributed by atoms with Gasteiger partial charge in [-0.05, 0) is 0 Å². The molecule has 0 bridgehead atoms. The molecule has 0 aromatic heterocycles. The Morgan fingerprint density at radius 2 is 1.28 bits per heavy atom. The molecule has 0 unspecified atom stereocenters. The molecular weight excluding hydrogens is 321 g/mol. The summed E-state index contributed by atoms with van der Waals surface area (Å²) in [6.45, 7) is 18.4. The van der Waals surface area contributed by atoms with Crippen LogP contribution in [0.5, 0.6) is 0 Å². The number of hydrogen-bond donors (Lipinski definition) is 0. The average molecular weight is 357 g/mol.